The first kappa shape index (κ1) is 20.1. The zero-order valence-corrected chi connectivity index (χ0v) is 18.2. The smallest absolute Gasteiger partial charge is 0.224 e. The summed E-state index contributed by atoms with van der Waals surface area (Å²) in [6, 6.07) is 12.7. The van der Waals surface area contributed by atoms with Gasteiger partial charge in [0, 0.05) is 17.5 Å². The molecule has 1 aliphatic carbocycles. The van der Waals surface area contributed by atoms with Crippen molar-refractivity contribution in [1.82, 2.24) is 10.2 Å². The highest BCUT2D eigenvalue weighted by Crippen LogP contribution is 2.31. The van der Waals surface area contributed by atoms with Gasteiger partial charge >= 0.3 is 0 Å². The third-order valence-electron chi connectivity index (χ3n) is 6.77. The van der Waals surface area contributed by atoms with E-state index in [0.717, 1.165) is 48.2 Å². The fraction of sp³-hybridized carbons (Fsp3) is 0.423. The third-order valence-corrected chi connectivity index (χ3v) is 6.77. The van der Waals surface area contributed by atoms with Crippen molar-refractivity contribution in [2.45, 2.75) is 44.6 Å². The molecule has 1 saturated heterocycles. The number of rotatable bonds is 7. The molecule has 5 rings (SSSR count). The van der Waals surface area contributed by atoms with Gasteiger partial charge < -0.3 is 14.5 Å². The minimum absolute atomic E-state index is 0.0373. The van der Waals surface area contributed by atoms with Crippen LogP contribution in [0.4, 0.5) is 0 Å². The van der Waals surface area contributed by atoms with Crippen LogP contribution < -0.4 is 10.1 Å². The molecule has 31 heavy (non-hydrogen) atoms. The molecule has 2 aliphatic rings. The number of furan rings is 1. The van der Waals surface area contributed by atoms with Gasteiger partial charge in [-0.1, -0.05) is 12.1 Å². The Morgan fingerprint density at radius 2 is 1.94 bits per heavy atom. The number of fused-ring (bicyclic) bond motifs is 2. The molecule has 1 amide bonds. The van der Waals surface area contributed by atoms with E-state index in [1.165, 1.54) is 36.0 Å². The molecule has 2 heterocycles. The van der Waals surface area contributed by atoms with E-state index < -0.39 is 0 Å². The maximum atomic E-state index is 12.9. The van der Waals surface area contributed by atoms with Crippen LogP contribution in [-0.2, 0) is 24.1 Å². The van der Waals surface area contributed by atoms with Crippen molar-refractivity contribution in [3.8, 4) is 5.75 Å². The van der Waals surface area contributed by atoms with Gasteiger partial charge in [0.05, 0.1) is 25.8 Å². The van der Waals surface area contributed by atoms with Crippen LogP contribution in [0.15, 0.2) is 47.1 Å². The van der Waals surface area contributed by atoms with E-state index in [1.54, 1.807) is 13.4 Å². The summed E-state index contributed by atoms with van der Waals surface area (Å²) in [5, 5.41) is 4.27. The summed E-state index contributed by atoms with van der Waals surface area (Å²) in [6.45, 7) is 2.72. The summed E-state index contributed by atoms with van der Waals surface area (Å²) in [5.41, 5.74) is 5.86. The van der Waals surface area contributed by atoms with Crippen molar-refractivity contribution in [3.63, 3.8) is 0 Å². The number of nitrogens with one attached hydrogen (secondary N) is 1. The lowest BCUT2D eigenvalue weighted by atomic mass is 10.0. The number of hydrogen-bond acceptors (Lipinski definition) is 4. The van der Waals surface area contributed by atoms with Crippen molar-refractivity contribution >= 4 is 16.9 Å². The average molecular weight is 419 g/mol. The number of ether oxygens (including phenoxy) is 1. The van der Waals surface area contributed by atoms with Crippen LogP contribution in [-0.4, -0.2) is 37.6 Å². The van der Waals surface area contributed by atoms with Crippen molar-refractivity contribution in [2.75, 3.05) is 26.7 Å². The minimum atomic E-state index is 0.0373. The van der Waals surface area contributed by atoms with E-state index in [1.807, 2.05) is 12.1 Å². The highest BCUT2D eigenvalue weighted by molar-refractivity contribution is 5.88. The molecule has 0 bridgehead atoms. The van der Waals surface area contributed by atoms with Gasteiger partial charge in [-0.15, -0.1) is 0 Å². The Morgan fingerprint density at radius 1 is 1.13 bits per heavy atom. The topological polar surface area (TPSA) is 54.7 Å². The molecule has 1 N–H and O–H groups in total. The number of benzene rings is 2. The zero-order valence-electron chi connectivity index (χ0n) is 18.2. The van der Waals surface area contributed by atoms with Gasteiger partial charge in [0.2, 0.25) is 5.91 Å². The second-order valence-electron chi connectivity index (χ2n) is 8.75. The molecule has 1 aliphatic heterocycles. The standard InChI is InChI=1S/C26H30N2O3/c1-30-22-9-5-8-20(12-22)24(28-10-2-3-11-28)16-27-26(29)15-21-17-31-25-14-19-7-4-6-18(19)13-23(21)25/h5,8-9,12-14,17,24H,2-4,6-7,10-11,15-16H2,1H3,(H,27,29). The molecule has 2 aromatic carbocycles. The number of aryl methyl sites for hydroxylation is 2. The van der Waals surface area contributed by atoms with E-state index in [9.17, 15) is 4.79 Å². The van der Waals surface area contributed by atoms with Crippen LogP contribution in [0, 0.1) is 0 Å². The number of hydrogen-bond donors (Lipinski definition) is 1. The van der Waals surface area contributed by atoms with E-state index >= 15 is 0 Å². The number of carbonyl (C=O) groups is 1. The molecule has 1 fully saturated rings. The van der Waals surface area contributed by atoms with Crippen molar-refractivity contribution in [2.24, 2.45) is 0 Å². The Labute approximate surface area is 183 Å². The van der Waals surface area contributed by atoms with Gasteiger partial charge in [-0.05, 0) is 86.1 Å². The van der Waals surface area contributed by atoms with Crippen LogP contribution in [0.3, 0.4) is 0 Å². The highest BCUT2D eigenvalue weighted by atomic mass is 16.5. The summed E-state index contributed by atoms with van der Waals surface area (Å²) in [7, 11) is 1.69. The predicted octanol–water partition coefficient (Wildman–Crippen LogP) is 4.43. The quantitative estimate of drug-likeness (QED) is 0.617. The molecule has 5 nitrogen and oxygen atoms in total. The van der Waals surface area contributed by atoms with E-state index in [-0.39, 0.29) is 11.9 Å². The van der Waals surface area contributed by atoms with Crippen LogP contribution in [0.25, 0.3) is 11.0 Å². The van der Waals surface area contributed by atoms with Crippen molar-refractivity contribution in [1.29, 1.82) is 0 Å². The number of likely N-dealkylation sites (tertiary alicyclic amines) is 1. The summed E-state index contributed by atoms with van der Waals surface area (Å²) < 4.78 is 11.2. The monoisotopic (exact) mass is 418 g/mol. The van der Waals surface area contributed by atoms with Crippen LogP contribution in [0.1, 0.15) is 47.6 Å². The van der Waals surface area contributed by atoms with Gasteiger partial charge in [-0.3, -0.25) is 9.69 Å². The van der Waals surface area contributed by atoms with Crippen LogP contribution in [0.5, 0.6) is 5.75 Å². The van der Waals surface area contributed by atoms with Crippen molar-refractivity contribution < 1.29 is 13.9 Å². The van der Waals surface area contributed by atoms with Gasteiger partial charge in [0.1, 0.15) is 11.3 Å². The van der Waals surface area contributed by atoms with Gasteiger partial charge in [-0.25, -0.2) is 0 Å². The Balaban J connectivity index is 1.29. The lowest BCUT2D eigenvalue weighted by molar-refractivity contribution is -0.120. The molecule has 5 heteroatoms. The zero-order chi connectivity index (χ0) is 21.2. The Morgan fingerprint density at radius 3 is 2.74 bits per heavy atom. The molecule has 1 unspecified atom stereocenters. The number of nitrogens with zero attached hydrogens (tertiary/aromatic N) is 1. The minimum Gasteiger partial charge on any atom is -0.497 e. The Hall–Kier alpha value is -2.79. The van der Waals surface area contributed by atoms with E-state index in [0.29, 0.717) is 13.0 Å². The SMILES string of the molecule is COc1cccc(C(CNC(=O)Cc2coc3cc4c(cc23)CCC4)N2CCCC2)c1. The molecule has 1 aromatic heterocycles. The summed E-state index contributed by atoms with van der Waals surface area (Å²) in [6.07, 6.45) is 7.97. The van der Waals surface area contributed by atoms with E-state index in [4.69, 9.17) is 9.15 Å². The summed E-state index contributed by atoms with van der Waals surface area (Å²) >= 11 is 0. The molecule has 1 atom stereocenters. The molecule has 0 radical (unpaired) electrons. The molecule has 162 valence electrons. The summed E-state index contributed by atoms with van der Waals surface area (Å²) in [5.74, 6) is 0.890. The number of amides is 1. The first-order valence-corrected chi connectivity index (χ1v) is 11.4. The average Bonchev–Trinajstić information content (AvgIpc) is 3.54. The fourth-order valence-electron chi connectivity index (χ4n) is 5.09. The molecule has 3 aromatic rings. The molecule has 0 saturated carbocycles. The van der Waals surface area contributed by atoms with Crippen LogP contribution >= 0.6 is 0 Å². The maximum absolute atomic E-state index is 12.9. The van der Waals surface area contributed by atoms with Gasteiger partial charge in [-0.2, -0.15) is 0 Å². The van der Waals surface area contributed by atoms with Crippen molar-refractivity contribution in [3.05, 3.63) is 64.9 Å². The predicted molar refractivity (Wildman–Crippen MR) is 121 cm³/mol. The summed E-state index contributed by atoms with van der Waals surface area (Å²) in [4.78, 5) is 15.3. The lowest BCUT2D eigenvalue weighted by Crippen LogP contribution is -2.37. The molecule has 0 spiro atoms. The molecular formula is C26H30N2O3. The Bertz CT molecular complexity index is 1080. The van der Waals surface area contributed by atoms with Gasteiger partial charge in [0.15, 0.2) is 0 Å². The maximum Gasteiger partial charge on any atom is 0.224 e. The lowest BCUT2D eigenvalue weighted by Gasteiger charge is -2.28. The third kappa shape index (κ3) is 4.19. The van der Waals surface area contributed by atoms with Crippen LogP contribution in [0.2, 0.25) is 0 Å². The fourth-order valence-corrected chi connectivity index (χ4v) is 5.09. The largest absolute Gasteiger partial charge is 0.497 e. The normalized spacial score (nSPS) is 17.1. The number of carbonyl (C=O) groups excluding carboxylic acids is 1. The second kappa shape index (κ2) is 8.75. The number of methoxy groups -OCH3 is 1. The molecular weight excluding hydrogens is 388 g/mol. The Kier molecular flexibility index (Phi) is 5.68. The first-order valence-electron chi connectivity index (χ1n) is 11.4. The van der Waals surface area contributed by atoms with E-state index in [2.05, 4.69) is 34.5 Å². The van der Waals surface area contributed by atoms with Gasteiger partial charge in [0.25, 0.3) is 0 Å². The second-order valence-corrected chi connectivity index (χ2v) is 8.75. The highest BCUT2D eigenvalue weighted by Gasteiger charge is 2.25. The first-order chi connectivity index (χ1) is 15.2.